The molecule has 1 atom stereocenters. The summed E-state index contributed by atoms with van der Waals surface area (Å²) in [5, 5.41) is 2.70. The standard InChI is InChI=1S/C9H16N2O2S/c1-8(2)6(10-13)14-9(3,4)7(12)11(8)5/h6H,1-5H3. The van der Waals surface area contributed by atoms with Crippen molar-refractivity contribution in [3.63, 3.8) is 0 Å². The maximum absolute atomic E-state index is 11.9. The monoisotopic (exact) mass is 216 g/mol. The van der Waals surface area contributed by atoms with Crippen LogP contribution in [0.5, 0.6) is 0 Å². The van der Waals surface area contributed by atoms with Gasteiger partial charge >= 0.3 is 0 Å². The highest BCUT2D eigenvalue weighted by atomic mass is 32.2. The third-order valence-corrected chi connectivity index (χ3v) is 4.44. The van der Waals surface area contributed by atoms with Gasteiger partial charge in [0.2, 0.25) is 5.91 Å². The van der Waals surface area contributed by atoms with Crippen molar-refractivity contribution in [1.82, 2.24) is 4.90 Å². The Labute approximate surface area is 88.4 Å². The summed E-state index contributed by atoms with van der Waals surface area (Å²) in [6, 6.07) is 0. The van der Waals surface area contributed by atoms with E-state index in [0.29, 0.717) is 0 Å². The maximum atomic E-state index is 11.9. The first kappa shape index (κ1) is 11.5. The normalized spacial score (nSPS) is 30.2. The molecule has 0 radical (unpaired) electrons. The molecule has 1 rings (SSSR count). The molecule has 1 aliphatic rings. The lowest BCUT2D eigenvalue weighted by atomic mass is 10.00. The fourth-order valence-electron chi connectivity index (χ4n) is 1.46. The van der Waals surface area contributed by atoms with Gasteiger partial charge in [-0.1, -0.05) is 5.18 Å². The molecule has 5 heteroatoms. The van der Waals surface area contributed by atoms with Gasteiger partial charge in [0.15, 0.2) is 5.37 Å². The number of hydrogen-bond acceptors (Lipinski definition) is 4. The molecule has 0 aromatic rings. The number of carbonyl (C=O) groups is 1. The highest BCUT2D eigenvalue weighted by Gasteiger charge is 2.50. The lowest BCUT2D eigenvalue weighted by Gasteiger charge is -2.48. The molecule has 0 aromatic carbocycles. The predicted octanol–water partition coefficient (Wildman–Crippen LogP) is 1.84. The minimum Gasteiger partial charge on any atom is -0.336 e. The van der Waals surface area contributed by atoms with Gasteiger partial charge in [-0.3, -0.25) is 4.79 Å². The van der Waals surface area contributed by atoms with Crippen LogP contribution in [0.15, 0.2) is 5.18 Å². The Hall–Kier alpha value is -0.580. The van der Waals surface area contributed by atoms with Crippen molar-refractivity contribution >= 4 is 17.7 Å². The molecule has 4 nitrogen and oxygen atoms in total. The van der Waals surface area contributed by atoms with E-state index in [9.17, 15) is 9.70 Å². The summed E-state index contributed by atoms with van der Waals surface area (Å²) in [5.41, 5.74) is -0.501. The van der Waals surface area contributed by atoms with E-state index < -0.39 is 15.7 Å². The van der Waals surface area contributed by atoms with Crippen LogP contribution in [0.4, 0.5) is 0 Å². The van der Waals surface area contributed by atoms with Gasteiger partial charge in [-0.2, -0.15) is 0 Å². The molecular formula is C9H16N2O2S. The molecule has 0 saturated carbocycles. The Morgan fingerprint density at radius 2 is 1.86 bits per heavy atom. The molecule has 0 aromatic heterocycles. The molecule has 80 valence electrons. The number of amides is 1. The van der Waals surface area contributed by atoms with Gasteiger partial charge < -0.3 is 4.90 Å². The Bertz CT molecular complexity index is 272. The average Bonchev–Trinajstić information content (AvgIpc) is 2.09. The van der Waals surface area contributed by atoms with E-state index in [1.807, 2.05) is 27.7 Å². The van der Waals surface area contributed by atoms with E-state index in [2.05, 4.69) is 5.18 Å². The van der Waals surface area contributed by atoms with Crippen molar-refractivity contribution in [1.29, 1.82) is 0 Å². The van der Waals surface area contributed by atoms with Crippen LogP contribution in [0.25, 0.3) is 0 Å². The van der Waals surface area contributed by atoms with Crippen molar-refractivity contribution in [2.45, 2.75) is 43.4 Å². The first-order chi connectivity index (χ1) is 6.23. The van der Waals surface area contributed by atoms with Crippen molar-refractivity contribution in [3.05, 3.63) is 4.91 Å². The molecule has 1 fully saturated rings. The average molecular weight is 216 g/mol. The second-order valence-electron chi connectivity index (χ2n) is 4.60. The minimum atomic E-state index is -0.553. The van der Waals surface area contributed by atoms with Gasteiger partial charge in [0, 0.05) is 7.05 Å². The van der Waals surface area contributed by atoms with Gasteiger partial charge in [0.05, 0.1) is 10.3 Å². The van der Waals surface area contributed by atoms with E-state index in [-0.39, 0.29) is 5.91 Å². The zero-order valence-electron chi connectivity index (χ0n) is 9.20. The molecule has 1 aliphatic heterocycles. The van der Waals surface area contributed by atoms with Crippen molar-refractivity contribution in [2.75, 3.05) is 7.05 Å². The SMILES string of the molecule is CN1C(=O)C(C)(C)SC(N=O)C1(C)C. The topological polar surface area (TPSA) is 49.7 Å². The highest BCUT2D eigenvalue weighted by Crippen LogP contribution is 2.43. The molecule has 1 heterocycles. The third kappa shape index (κ3) is 1.54. The van der Waals surface area contributed by atoms with E-state index in [1.54, 1.807) is 11.9 Å². The van der Waals surface area contributed by atoms with E-state index >= 15 is 0 Å². The van der Waals surface area contributed by atoms with Crippen LogP contribution in [0, 0.1) is 4.91 Å². The highest BCUT2D eigenvalue weighted by molar-refractivity contribution is 8.02. The first-order valence-electron chi connectivity index (χ1n) is 4.52. The maximum Gasteiger partial charge on any atom is 0.238 e. The van der Waals surface area contributed by atoms with Crippen LogP contribution < -0.4 is 0 Å². The fraction of sp³-hybridized carbons (Fsp3) is 0.889. The summed E-state index contributed by atoms with van der Waals surface area (Å²) in [4.78, 5) is 24.2. The molecular weight excluding hydrogens is 200 g/mol. The summed E-state index contributed by atoms with van der Waals surface area (Å²) in [5.74, 6) is 0.0485. The Kier molecular flexibility index (Phi) is 2.65. The van der Waals surface area contributed by atoms with Crippen molar-refractivity contribution < 1.29 is 4.79 Å². The van der Waals surface area contributed by atoms with E-state index in [1.165, 1.54) is 11.8 Å². The molecule has 0 aliphatic carbocycles. The number of carbonyl (C=O) groups excluding carboxylic acids is 1. The third-order valence-electron chi connectivity index (χ3n) is 2.79. The number of nitroso groups, excluding NO2 is 1. The lowest BCUT2D eigenvalue weighted by molar-refractivity contribution is -0.137. The Morgan fingerprint density at radius 1 is 1.36 bits per heavy atom. The molecule has 0 spiro atoms. The second-order valence-corrected chi connectivity index (χ2v) is 6.31. The largest absolute Gasteiger partial charge is 0.336 e. The second kappa shape index (κ2) is 3.22. The Balaban J connectivity index is 3.07. The van der Waals surface area contributed by atoms with Crippen LogP contribution in [0.3, 0.4) is 0 Å². The van der Waals surface area contributed by atoms with Crippen LogP contribution >= 0.6 is 11.8 Å². The van der Waals surface area contributed by atoms with Crippen molar-refractivity contribution in [2.24, 2.45) is 5.18 Å². The number of hydrogen-bond donors (Lipinski definition) is 0. The van der Waals surface area contributed by atoms with Crippen LogP contribution in [0.2, 0.25) is 0 Å². The molecule has 0 N–H and O–H groups in total. The molecule has 1 unspecified atom stereocenters. The minimum absolute atomic E-state index is 0.0485. The first-order valence-corrected chi connectivity index (χ1v) is 5.40. The van der Waals surface area contributed by atoms with Gasteiger partial charge in [-0.05, 0) is 27.7 Å². The number of likely N-dealkylation sites (N-methyl/N-ethyl adjacent to an activating group) is 1. The van der Waals surface area contributed by atoms with Crippen LogP contribution in [-0.4, -0.2) is 33.5 Å². The van der Waals surface area contributed by atoms with E-state index in [4.69, 9.17) is 0 Å². The summed E-state index contributed by atoms with van der Waals surface area (Å²) in [6.07, 6.45) is 0. The molecule has 1 saturated heterocycles. The molecule has 1 amide bonds. The predicted molar refractivity (Wildman–Crippen MR) is 58.1 cm³/mol. The summed E-state index contributed by atoms with van der Waals surface area (Å²) < 4.78 is -0.553. The fourth-order valence-corrected chi connectivity index (χ4v) is 2.74. The van der Waals surface area contributed by atoms with Gasteiger partial charge in [-0.15, -0.1) is 16.7 Å². The zero-order chi connectivity index (χ0) is 11.1. The lowest BCUT2D eigenvalue weighted by Crippen LogP contribution is -2.61. The van der Waals surface area contributed by atoms with Gasteiger partial charge in [0.25, 0.3) is 0 Å². The van der Waals surface area contributed by atoms with Crippen LogP contribution in [-0.2, 0) is 4.79 Å². The van der Waals surface area contributed by atoms with E-state index in [0.717, 1.165) is 0 Å². The molecule has 14 heavy (non-hydrogen) atoms. The van der Waals surface area contributed by atoms with Crippen LogP contribution in [0.1, 0.15) is 27.7 Å². The zero-order valence-corrected chi connectivity index (χ0v) is 10.0. The summed E-state index contributed by atoms with van der Waals surface area (Å²) in [7, 11) is 1.72. The number of thioether (sulfide) groups is 1. The smallest absolute Gasteiger partial charge is 0.238 e. The van der Waals surface area contributed by atoms with Gasteiger partial charge in [-0.25, -0.2) is 0 Å². The summed E-state index contributed by atoms with van der Waals surface area (Å²) >= 11 is 1.34. The Morgan fingerprint density at radius 3 is 2.29 bits per heavy atom. The molecule has 0 bridgehead atoms. The van der Waals surface area contributed by atoms with Crippen molar-refractivity contribution in [3.8, 4) is 0 Å². The quantitative estimate of drug-likeness (QED) is 0.628. The number of rotatable bonds is 1. The number of nitrogens with zero attached hydrogens (tertiary/aromatic N) is 2. The van der Waals surface area contributed by atoms with Gasteiger partial charge in [0.1, 0.15) is 0 Å². The summed E-state index contributed by atoms with van der Waals surface area (Å²) in [6.45, 7) is 7.37.